The van der Waals surface area contributed by atoms with Gasteiger partial charge in [0.05, 0.1) is 15.7 Å². The van der Waals surface area contributed by atoms with Crippen LogP contribution in [0, 0.1) is 0 Å². The van der Waals surface area contributed by atoms with Crippen molar-refractivity contribution in [2.24, 2.45) is 9.98 Å². The van der Waals surface area contributed by atoms with Crippen molar-refractivity contribution >= 4 is 34.3 Å². The minimum atomic E-state index is 0.492. The lowest BCUT2D eigenvalue weighted by molar-refractivity contribution is 1.06. The van der Waals surface area contributed by atoms with E-state index in [2.05, 4.69) is 32.9 Å². The van der Waals surface area contributed by atoms with Gasteiger partial charge < -0.3 is 0 Å². The molecule has 3 heterocycles. The van der Waals surface area contributed by atoms with E-state index in [-0.39, 0.29) is 0 Å². The average Bonchev–Trinajstić information content (AvgIpc) is 3.20. The molecule has 0 saturated heterocycles. The lowest BCUT2D eigenvalue weighted by atomic mass is 10.1. The van der Waals surface area contributed by atoms with Gasteiger partial charge in [0, 0.05) is 20.9 Å². The van der Waals surface area contributed by atoms with Crippen LogP contribution in [0.3, 0.4) is 0 Å². The van der Waals surface area contributed by atoms with Crippen molar-refractivity contribution in [2.75, 3.05) is 6.67 Å². The SMILES string of the molecule is Clc1cc(-c2cccs2)c2c(c1-c1cccs1)=NCN=2. The van der Waals surface area contributed by atoms with Gasteiger partial charge in [-0.05, 0) is 29.0 Å². The summed E-state index contributed by atoms with van der Waals surface area (Å²) in [4.78, 5) is 11.4. The summed E-state index contributed by atoms with van der Waals surface area (Å²) in [6, 6.07) is 10.3. The van der Waals surface area contributed by atoms with Crippen LogP contribution >= 0.6 is 34.3 Å². The van der Waals surface area contributed by atoms with Crippen LogP contribution in [0.5, 0.6) is 0 Å². The highest BCUT2D eigenvalue weighted by Gasteiger charge is 2.16. The number of thiophene rings is 2. The Morgan fingerprint density at radius 3 is 2.35 bits per heavy atom. The number of rotatable bonds is 2. The molecule has 5 heteroatoms. The van der Waals surface area contributed by atoms with Gasteiger partial charge in [-0.25, -0.2) is 0 Å². The molecule has 98 valence electrons. The summed E-state index contributed by atoms with van der Waals surface area (Å²) < 4.78 is 0. The highest BCUT2D eigenvalue weighted by molar-refractivity contribution is 7.14. The molecule has 0 radical (unpaired) electrons. The second-order valence-corrected chi connectivity index (χ2v) is 6.69. The van der Waals surface area contributed by atoms with Crippen molar-refractivity contribution in [3.63, 3.8) is 0 Å². The monoisotopic (exact) mass is 316 g/mol. The normalized spacial score (nSPS) is 12.8. The fraction of sp³-hybridized carbons (Fsp3) is 0.0667. The van der Waals surface area contributed by atoms with Gasteiger partial charge in [-0.2, -0.15) is 0 Å². The lowest BCUT2D eigenvalue weighted by Gasteiger charge is -2.05. The van der Waals surface area contributed by atoms with E-state index in [0.717, 1.165) is 31.7 Å². The third-order valence-corrected chi connectivity index (χ3v) is 5.33. The minimum absolute atomic E-state index is 0.492. The maximum atomic E-state index is 6.53. The zero-order valence-corrected chi connectivity index (χ0v) is 12.7. The Hall–Kier alpha value is -1.49. The third-order valence-electron chi connectivity index (χ3n) is 3.24. The number of hydrogen-bond donors (Lipinski definition) is 0. The summed E-state index contributed by atoms with van der Waals surface area (Å²) in [6.07, 6.45) is 0. The van der Waals surface area contributed by atoms with Gasteiger partial charge in [-0.1, -0.05) is 23.7 Å². The van der Waals surface area contributed by atoms with Gasteiger partial charge >= 0.3 is 0 Å². The molecule has 0 saturated carbocycles. The molecule has 1 aromatic carbocycles. The van der Waals surface area contributed by atoms with Crippen LogP contribution in [0.4, 0.5) is 0 Å². The highest BCUT2D eigenvalue weighted by atomic mass is 35.5. The number of hydrogen-bond acceptors (Lipinski definition) is 4. The van der Waals surface area contributed by atoms with Crippen LogP contribution in [0.25, 0.3) is 20.9 Å². The third kappa shape index (κ3) is 1.84. The molecule has 2 aromatic heterocycles. The first-order valence-corrected chi connectivity index (χ1v) is 8.27. The van der Waals surface area contributed by atoms with Crippen molar-refractivity contribution in [2.45, 2.75) is 0 Å². The number of fused-ring (bicyclic) bond motifs is 1. The van der Waals surface area contributed by atoms with Crippen LogP contribution in [0.1, 0.15) is 0 Å². The second kappa shape index (κ2) is 4.81. The molecular weight excluding hydrogens is 308 g/mol. The van der Waals surface area contributed by atoms with E-state index in [9.17, 15) is 0 Å². The van der Waals surface area contributed by atoms with E-state index in [4.69, 9.17) is 11.6 Å². The van der Waals surface area contributed by atoms with Gasteiger partial charge in [-0.3, -0.25) is 9.98 Å². The zero-order valence-electron chi connectivity index (χ0n) is 10.3. The average molecular weight is 317 g/mol. The van der Waals surface area contributed by atoms with Crippen molar-refractivity contribution in [3.8, 4) is 20.9 Å². The molecule has 0 amide bonds. The molecule has 1 aliphatic heterocycles. The molecule has 0 aliphatic carbocycles. The Bertz CT molecular complexity index is 881. The molecular formula is C15H9ClN2S2. The first kappa shape index (κ1) is 12.3. The standard InChI is InChI=1S/C15H9ClN2S2/c16-10-7-9(11-3-1-5-19-11)14-15(18-8-17-14)13(10)12-4-2-6-20-12/h1-7H,8H2. The topological polar surface area (TPSA) is 24.7 Å². The van der Waals surface area contributed by atoms with Crippen LogP contribution in [-0.2, 0) is 0 Å². The number of nitrogens with zero attached hydrogens (tertiary/aromatic N) is 2. The molecule has 0 N–H and O–H groups in total. The first-order valence-electron chi connectivity index (χ1n) is 6.14. The van der Waals surface area contributed by atoms with Crippen molar-refractivity contribution in [3.05, 3.63) is 56.8 Å². The summed E-state index contributed by atoms with van der Waals surface area (Å²) in [7, 11) is 0. The Balaban J connectivity index is 2.08. The second-order valence-electron chi connectivity index (χ2n) is 4.39. The fourth-order valence-electron chi connectivity index (χ4n) is 2.39. The Labute approximate surface area is 128 Å². The van der Waals surface area contributed by atoms with Gasteiger partial charge in [0.15, 0.2) is 0 Å². The maximum Gasteiger partial charge on any atom is 0.130 e. The molecule has 2 nitrogen and oxygen atoms in total. The van der Waals surface area contributed by atoms with E-state index in [1.54, 1.807) is 22.7 Å². The van der Waals surface area contributed by atoms with Gasteiger partial charge in [0.1, 0.15) is 6.67 Å². The fourth-order valence-corrected chi connectivity index (χ4v) is 4.28. The summed E-state index contributed by atoms with van der Waals surface area (Å²) in [5.74, 6) is 0. The van der Waals surface area contributed by atoms with Crippen LogP contribution in [0.2, 0.25) is 5.02 Å². The minimum Gasteiger partial charge on any atom is -0.259 e. The molecule has 3 aromatic rings. The number of benzene rings is 1. The molecule has 20 heavy (non-hydrogen) atoms. The summed E-state index contributed by atoms with van der Waals surface area (Å²) in [5, 5.41) is 6.77. The van der Waals surface area contributed by atoms with Crippen molar-refractivity contribution in [1.29, 1.82) is 0 Å². The van der Waals surface area contributed by atoms with Gasteiger partial charge in [-0.15, -0.1) is 22.7 Å². The molecule has 1 aliphatic rings. The molecule has 0 bridgehead atoms. The van der Waals surface area contributed by atoms with Crippen LogP contribution < -0.4 is 10.7 Å². The summed E-state index contributed by atoms with van der Waals surface area (Å²) in [5.41, 5.74) is 2.10. The zero-order chi connectivity index (χ0) is 13.5. The lowest BCUT2D eigenvalue weighted by Crippen LogP contribution is -2.26. The van der Waals surface area contributed by atoms with Gasteiger partial charge in [0.25, 0.3) is 0 Å². The molecule has 0 spiro atoms. The molecule has 0 fully saturated rings. The molecule has 4 rings (SSSR count). The predicted octanol–water partition coefficient (Wildman–Crippen LogP) is 4.01. The van der Waals surface area contributed by atoms with E-state index in [1.165, 1.54) is 4.88 Å². The van der Waals surface area contributed by atoms with E-state index in [0.29, 0.717) is 6.67 Å². The van der Waals surface area contributed by atoms with Gasteiger partial charge in [0.2, 0.25) is 0 Å². The molecule has 0 unspecified atom stereocenters. The molecule has 0 atom stereocenters. The largest absolute Gasteiger partial charge is 0.259 e. The van der Waals surface area contributed by atoms with Crippen LogP contribution in [0.15, 0.2) is 51.1 Å². The first-order chi connectivity index (χ1) is 9.84. The van der Waals surface area contributed by atoms with E-state index >= 15 is 0 Å². The number of halogens is 1. The predicted molar refractivity (Wildman–Crippen MR) is 85.3 cm³/mol. The summed E-state index contributed by atoms with van der Waals surface area (Å²) >= 11 is 9.90. The Morgan fingerprint density at radius 2 is 1.65 bits per heavy atom. The van der Waals surface area contributed by atoms with E-state index < -0.39 is 0 Å². The Kier molecular flexibility index (Phi) is 2.95. The quantitative estimate of drug-likeness (QED) is 0.682. The summed E-state index contributed by atoms with van der Waals surface area (Å²) in [6.45, 7) is 0.492. The highest BCUT2D eigenvalue weighted by Crippen LogP contribution is 2.31. The van der Waals surface area contributed by atoms with Crippen molar-refractivity contribution in [1.82, 2.24) is 0 Å². The van der Waals surface area contributed by atoms with Crippen molar-refractivity contribution < 1.29 is 0 Å². The maximum absolute atomic E-state index is 6.53. The van der Waals surface area contributed by atoms with E-state index in [1.807, 2.05) is 18.2 Å². The van der Waals surface area contributed by atoms with Crippen LogP contribution in [-0.4, -0.2) is 6.67 Å². The smallest absolute Gasteiger partial charge is 0.130 e. The Morgan fingerprint density at radius 1 is 0.950 bits per heavy atom.